The molecule has 1 fully saturated rings. The first-order valence-electron chi connectivity index (χ1n) is 6.10. The van der Waals surface area contributed by atoms with Crippen LogP contribution in [-0.4, -0.2) is 17.6 Å². The number of carbonyl (C=O) groups is 1. The Morgan fingerprint density at radius 3 is 2.62 bits per heavy atom. The van der Waals surface area contributed by atoms with E-state index in [1.165, 1.54) is 0 Å². The van der Waals surface area contributed by atoms with Gasteiger partial charge in [-0.25, -0.2) is 0 Å². The topological polar surface area (TPSA) is 55.1 Å². The fourth-order valence-electron chi connectivity index (χ4n) is 2.14. The second-order valence-corrected chi connectivity index (χ2v) is 6.99. The van der Waals surface area contributed by atoms with Gasteiger partial charge in [-0.05, 0) is 25.0 Å². The van der Waals surface area contributed by atoms with E-state index in [0.717, 1.165) is 20.5 Å². The third-order valence-electron chi connectivity index (χ3n) is 3.54. The van der Waals surface area contributed by atoms with Crippen LogP contribution in [0.1, 0.15) is 22.5 Å². The summed E-state index contributed by atoms with van der Waals surface area (Å²) in [6.45, 7) is 0. The van der Waals surface area contributed by atoms with Gasteiger partial charge in [-0.3, -0.25) is 4.79 Å². The normalized spacial score (nSPS) is 17.0. The molecule has 3 nitrogen and oxygen atoms in total. The molecule has 3 N–H and O–H groups in total. The molecule has 1 amide bonds. The molecule has 0 saturated heterocycles. The molecule has 0 aliphatic heterocycles. The van der Waals surface area contributed by atoms with Crippen molar-refractivity contribution in [1.82, 2.24) is 5.32 Å². The fourth-order valence-corrected chi connectivity index (χ4v) is 3.71. The lowest BCUT2D eigenvalue weighted by atomic mass is 10.2. The molecule has 2 aromatic rings. The van der Waals surface area contributed by atoms with Gasteiger partial charge in [0.2, 0.25) is 0 Å². The smallest absolute Gasteiger partial charge is 0.397 e. The number of hydrogen-bond donors (Lipinski definition) is 2. The van der Waals surface area contributed by atoms with Gasteiger partial charge in [-0.1, -0.05) is 22.0 Å². The average Bonchev–Trinajstić information content (AvgIpc) is 3.09. The molecule has 1 saturated carbocycles. The van der Waals surface area contributed by atoms with Crippen molar-refractivity contribution in [2.45, 2.75) is 24.6 Å². The lowest BCUT2D eigenvalue weighted by molar-refractivity contribution is -0.163. The standard InChI is InChI=1S/C13H10BrF3N2OS/c14-6-1-2-7-8(5-6)21-10(9(7)18)11(20)19-12(3-4-12)13(15,16)17/h1-2,5H,3-4,18H2,(H,19,20). The quantitative estimate of drug-likeness (QED) is 0.827. The summed E-state index contributed by atoms with van der Waals surface area (Å²) in [5, 5.41) is 2.77. The van der Waals surface area contributed by atoms with Crippen LogP contribution >= 0.6 is 27.3 Å². The van der Waals surface area contributed by atoms with Gasteiger partial charge in [0.15, 0.2) is 0 Å². The number of benzene rings is 1. The van der Waals surface area contributed by atoms with Crippen LogP contribution in [0.4, 0.5) is 18.9 Å². The van der Waals surface area contributed by atoms with E-state index in [1.807, 2.05) is 0 Å². The number of halogens is 4. The third kappa shape index (κ3) is 2.40. The Hall–Kier alpha value is -1.28. The highest BCUT2D eigenvalue weighted by molar-refractivity contribution is 9.10. The van der Waals surface area contributed by atoms with Crippen molar-refractivity contribution >= 4 is 48.9 Å². The van der Waals surface area contributed by atoms with Crippen LogP contribution < -0.4 is 11.1 Å². The first kappa shape index (κ1) is 14.6. The predicted molar refractivity (Wildman–Crippen MR) is 79.4 cm³/mol. The predicted octanol–water partition coefficient (Wildman–Crippen LogP) is 4.07. The monoisotopic (exact) mass is 378 g/mol. The van der Waals surface area contributed by atoms with Crippen molar-refractivity contribution in [3.05, 3.63) is 27.5 Å². The van der Waals surface area contributed by atoms with Gasteiger partial charge in [0.05, 0.1) is 5.69 Å². The second-order valence-electron chi connectivity index (χ2n) is 5.02. The largest absolute Gasteiger partial charge is 0.411 e. The Balaban J connectivity index is 1.94. The van der Waals surface area contributed by atoms with Gasteiger partial charge in [-0.15, -0.1) is 11.3 Å². The molecule has 1 aromatic carbocycles. The lowest BCUT2D eigenvalue weighted by Gasteiger charge is -2.20. The number of thiophene rings is 1. The van der Waals surface area contributed by atoms with Crippen LogP contribution in [0.25, 0.3) is 10.1 Å². The maximum atomic E-state index is 12.9. The van der Waals surface area contributed by atoms with E-state index in [1.54, 1.807) is 18.2 Å². The van der Waals surface area contributed by atoms with E-state index in [2.05, 4.69) is 21.2 Å². The number of nitrogens with one attached hydrogen (secondary N) is 1. The van der Waals surface area contributed by atoms with Crippen LogP contribution in [0.2, 0.25) is 0 Å². The summed E-state index contributed by atoms with van der Waals surface area (Å²) in [5.74, 6) is -0.764. The Morgan fingerprint density at radius 2 is 2.05 bits per heavy atom. The summed E-state index contributed by atoms with van der Waals surface area (Å²) in [7, 11) is 0. The number of rotatable bonds is 2. The number of anilines is 1. The molecule has 1 aromatic heterocycles. The zero-order valence-electron chi connectivity index (χ0n) is 10.6. The minimum absolute atomic E-state index is 0.0847. The summed E-state index contributed by atoms with van der Waals surface area (Å²) >= 11 is 4.40. The van der Waals surface area contributed by atoms with E-state index in [-0.39, 0.29) is 23.4 Å². The number of nitrogens with two attached hydrogens (primary N) is 1. The first-order chi connectivity index (χ1) is 9.73. The molecule has 0 bridgehead atoms. The van der Waals surface area contributed by atoms with Crippen LogP contribution in [0.15, 0.2) is 22.7 Å². The van der Waals surface area contributed by atoms with E-state index in [4.69, 9.17) is 5.73 Å². The van der Waals surface area contributed by atoms with Crippen molar-refractivity contribution in [1.29, 1.82) is 0 Å². The van der Waals surface area contributed by atoms with Gasteiger partial charge in [0.25, 0.3) is 5.91 Å². The van der Waals surface area contributed by atoms with Crippen molar-refractivity contribution in [3.8, 4) is 0 Å². The molecule has 0 atom stereocenters. The average molecular weight is 379 g/mol. The van der Waals surface area contributed by atoms with Crippen LogP contribution in [0, 0.1) is 0 Å². The molecule has 0 unspecified atom stereocenters. The molecule has 0 radical (unpaired) electrons. The van der Waals surface area contributed by atoms with Crippen molar-refractivity contribution in [2.24, 2.45) is 0 Å². The Morgan fingerprint density at radius 1 is 1.38 bits per heavy atom. The highest BCUT2D eigenvalue weighted by atomic mass is 79.9. The summed E-state index contributed by atoms with van der Waals surface area (Å²) < 4.78 is 40.2. The van der Waals surface area contributed by atoms with Gasteiger partial charge < -0.3 is 11.1 Å². The van der Waals surface area contributed by atoms with Crippen LogP contribution in [-0.2, 0) is 0 Å². The summed E-state index contributed by atoms with van der Waals surface area (Å²) in [6.07, 6.45) is -4.60. The minimum atomic E-state index is -4.43. The van der Waals surface area contributed by atoms with Crippen molar-refractivity contribution in [2.75, 3.05) is 5.73 Å². The molecule has 112 valence electrons. The number of carbonyl (C=O) groups excluding carboxylic acids is 1. The second kappa shape index (κ2) is 4.61. The van der Waals surface area contributed by atoms with E-state index in [0.29, 0.717) is 5.39 Å². The Bertz CT molecular complexity index is 737. The molecule has 1 aliphatic rings. The highest BCUT2D eigenvalue weighted by Gasteiger charge is 2.64. The minimum Gasteiger partial charge on any atom is -0.397 e. The lowest BCUT2D eigenvalue weighted by Crippen LogP contribution is -2.47. The molecule has 0 spiro atoms. The Labute approximate surface area is 130 Å². The molecular weight excluding hydrogens is 369 g/mol. The van der Waals surface area contributed by atoms with Gasteiger partial charge in [0.1, 0.15) is 10.4 Å². The highest BCUT2D eigenvalue weighted by Crippen LogP contribution is 2.49. The molecule has 21 heavy (non-hydrogen) atoms. The summed E-state index contributed by atoms with van der Waals surface area (Å²) in [6, 6.07) is 5.29. The molecule has 1 heterocycles. The van der Waals surface area contributed by atoms with Crippen molar-refractivity contribution < 1.29 is 18.0 Å². The maximum absolute atomic E-state index is 12.9. The maximum Gasteiger partial charge on any atom is 0.411 e. The van der Waals surface area contributed by atoms with Crippen LogP contribution in [0.3, 0.4) is 0 Å². The van der Waals surface area contributed by atoms with E-state index < -0.39 is 17.6 Å². The zero-order chi connectivity index (χ0) is 15.4. The number of nitrogen functional groups attached to an aromatic ring is 1. The van der Waals surface area contributed by atoms with Gasteiger partial charge in [0, 0.05) is 14.6 Å². The van der Waals surface area contributed by atoms with Gasteiger partial charge >= 0.3 is 6.18 Å². The SMILES string of the molecule is Nc1c(C(=O)NC2(C(F)(F)F)CC2)sc2cc(Br)ccc12. The number of amides is 1. The summed E-state index contributed by atoms with van der Waals surface area (Å²) in [4.78, 5) is 12.3. The van der Waals surface area contributed by atoms with Gasteiger partial charge in [-0.2, -0.15) is 13.2 Å². The van der Waals surface area contributed by atoms with Crippen molar-refractivity contribution in [3.63, 3.8) is 0 Å². The number of hydrogen-bond acceptors (Lipinski definition) is 3. The summed E-state index contributed by atoms with van der Waals surface area (Å²) in [5.41, 5.74) is 4.04. The number of fused-ring (bicyclic) bond motifs is 1. The molecule has 3 rings (SSSR count). The molecular formula is C13H10BrF3N2OS. The number of alkyl halides is 3. The van der Waals surface area contributed by atoms with Crippen LogP contribution in [0.5, 0.6) is 0 Å². The van der Waals surface area contributed by atoms with E-state index >= 15 is 0 Å². The molecule has 8 heteroatoms. The first-order valence-corrected chi connectivity index (χ1v) is 7.71. The molecule has 1 aliphatic carbocycles. The van der Waals surface area contributed by atoms with E-state index in [9.17, 15) is 18.0 Å². The fraction of sp³-hybridized carbons (Fsp3) is 0.308. The third-order valence-corrected chi connectivity index (χ3v) is 5.20. The Kier molecular flexibility index (Phi) is 3.21. The zero-order valence-corrected chi connectivity index (χ0v) is 13.0.